The van der Waals surface area contributed by atoms with Gasteiger partial charge in [-0.2, -0.15) is 5.10 Å². The highest BCUT2D eigenvalue weighted by Crippen LogP contribution is 2.29. The Kier molecular flexibility index (Phi) is 4.78. The zero-order valence-corrected chi connectivity index (χ0v) is 16.3. The van der Waals surface area contributed by atoms with Gasteiger partial charge in [0.2, 0.25) is 5.91 Å². The largest absolute Gasteiger partial charge is 0.448 e. The van der Waals surface area contributed by atoms with Crippen molar-refractivity contribution in [3.8, 4) is 0 Å². The second-order valence-corrected chi connectivity index (χ2v) is 6.86. The molecule has 9 heteroatoms. The smallest absolute Gasteiger partial charge is 0.360 e. The summed E-state index contributed by atoms with van der Waals surface area (Å²) in [5, 5.41) is 7.38. The first-order valence-corrected chi connectivity index (χ1v) is 9.24. The first-order valence-electron chi connectivity index (χ1n) is 9.24. The molecule has 2 amide bonds. The molecule has 0 fully saturated rings. The molecule has 0 spiro atoms. The number of amides is 2. The molecule has 0 unspecified atom stereocenters. The van der Waals surface area contributed by atoms with Crippen LogP contribution in [0.25, 0.3) is 10.8 Å². The number of carbonyl (C=O) groups excluding carboxylic acids is 3. The lowest BCUT2D eigenvalue weighted by molar-refractivity contribution is -0.128. The number of benzene rings is 2. The number of ether oxygens (including phenoxy) is 1. The van der Waals surface area contributed by atoms with Crippen LogP contribution >= 0.6 is 0 Å². The standard InChI is InChI=1S/C21H18N4O5/c1-12(19(27)25-11-17(26)22-15-9-5-6-10-16(15)25)30-21(29)18-13-7-3-4-8-14(13)20(28)24(2)23-18/h3-10,12H,11H2,1-2H3,(H,22,26)/t12-/m0/s1. The summed E-state index contributed by atoms with van der Waals surface area (Å²) in [6.07, 6.45) is -1.17. The van der Waals surface area contributed by atoms with Gasteiger partial charge in [0.05, 0.1) is 16.8 Å². The predicted molar refractivity (Wildman–Crippen MR) is 109 cm³/mol. The van der Waals surface area contributed by atoms with E-state index in [0.717, 1.165) is 4.68 Å². The lowest BCUT2D eigenvalue weighted by Gasteiger charge is -2.30. The molecular weight excluding hydrogens is 388 g/mol. The third-order valence-electron chi connectivity index (χ3n) is 4.82. The first-order chi connectivity index (χ1) is 14.4. The molecule has 9 nitrogen and oxygen atoms in total. The van der Waals surface area contributed by atoms with E-state index >= 15 is 0 Å². The maximum absolute atomic E-state index is 13.0. The Bertz CT molecular complexity index is 1250. The summed E-state index contributed by atoms with van der Waals surface area (Å²) in [5.41, 5.74) is 0.619. The Hall–Kier alpha value is -4.01. The van der Waals surface area contributed by atoms with E-state index in [4.69, 9.17) is 4.74 Å². The second kappa shape index (κ2) is 7.43. The van der Waals surface area contributed by atoms with Gasteiger partial charge >= 0.3 is 5.97 Å². The lowest BCUT2D eigenvalue weighted by Crippen LogP contribution is -2.47. The molecule has 0 aliphatic carbocycles. The zero-order chi connectivity index (χ0) is 21.4. The number of aryl methyl sites for hydroxylation is 1. The Morgan fingerprint density at radius 1 is 1.07 bits per heavy atom. The van der Waals surface area contributed by atoms with E-state index in [2.05, 4.69) is 10.4 Å². The van der Waals surface area contributed by atoms with Crippen LogP contribution in [0, 0.1) is 0 Å². The lowest BCUT2D eigenvalue weighted by atomic mass is 10.1. The summed E-state index contributed by atoms with van der Waals surface area (Å²) in [6, 6.07) is 13.4. The maximum Gasteiger partial charge on any atom is 0.360 e. The highest BCUT2D eigenvalue weighted by atomic mass is 16.5. The van der Waals surface area contributed by atoms with E-state index in [9.17, 15) is 19.2 Å². The highest BCUT2D eigenvalue weighted by Gasteiger charge is 2.32. The van der Waals surface area contributed by atoms with Crippen molar-refractivity contribution in [2.24, 2.45) is 7.05 Å². The number of hydrogen-bond donors (Lipinski definition) is 1. The molecule has 30 heavy (non-hydrogen) atoms. The summed E-state index contributed by atoms with van der Waals surface area (Å²) in [7, 11) is 1.43. The Morgan fingerprint density at radius 3 is 2.50 bits per heavy atom. The summed E-state index contributed by atoms with van der Waals surface area (Å²) in [6.45, 7) is 1.25. The summed E-state index contributed by atoms with van der Waals surface area (Å²) < 4.78 is 6.42. The average Bonchev–Trinajstić information content (AvgIpc) is 2.75. The second-order valence-electron chi connectivity index (χ2n) is 6.86. The zero-order valence-electron chi connectivity index (χ0n) is 16.3. The van der Waals surface area contributed by atoms with Gasteiger partial charge in [0.15, 0.2) is 11.8 Å². The number of esters is 1. The van der Waals surface area contributed by atoms with E-state index in [-0.39, 0.29) is 23.7 Å². The fraction of sp³-hybridized carbons (Fsp3) is 0.190. The third-order valence-corrected chi connectivity index (χ3v) is 4.82. The summed E-state index contributed by atoms with van der Waals surface area (Å²) in [5.74, 6) is -1.72. The van der Waals surface area contributed by atoms with Gasteiger partial charge in [-0.3, -0.25) is 19.3 Å². The minimum Gasteiger partial charge on any atom is -0.448 e. The van der Waals surface area contributed by atoms with E-state index < -0.39 is 18.0 Å². The van der Waals surface area contributed by atoms with Crippen molar-refractivity contribution in [1.82, 2.24) is 9.78 Å². The SMILES string of the molecule is C[C@H](OC(=O)c1nn(C)c(=O)c2ccccc12)C(=O)N1CC(=O)Nc2ccccc21. The Morgan fingerprint density at radius 2 is 1.73 bits per heavy atom. The summed E-state index contributed by atoms with van der Waals surface area (Å²) >= 11 is 0. The minimum absolute atomic E-state index is 0.0656. The van der Waals surface area contributed by atoms with E-state index in [1.165, 1.54) is 18.9 Å². The van der Waals surface area contributed by atoms with Crippen molar-refractivity contribution in [3.05, 3.63) is 64.6 Å². The molecule has 0 saturated heterocycles. The predicted octanol–water partition coefficient (Wildman–Crippen LogP) is 1.46. The van der Waals surface area contributed by atoms with E-state index in [0.29, 0.717) is 22.1 Å². The molecular formula is C21H18N4O5. The van der Waals surface area contributed by atoms with Crippen LogP contribution in [0.1, 0.15) is 17.4 Å². The molecule has 2 heterocycles. The van der Waals surface area contributed by atoms with Crippen LogP contribution in [-0.2, 0) is 21.4 Å². The van der Waals surface area contributed by atoms with Crippen LogP contribution in [0.4, 0.5) is 11.4 Å². The molecule has 2 aromatic carbocycles. The monoisotopic (exact) mass is 406 g/mol. The number of para-hydroxylation sites is 2. The Labute approximate surface area is 170 Å². The number of rotatable bonds is 3. The Balaban J connectivity index is 1.62. The van der Waals surface area contributed by atoms with Crippen LogP contribution in [-0.4, -0.2) is 40.2 Å². The fourth-order valence-electron chi connectivity index (χ4n) is 3.37. The van der Waals surface area contributed by atoms with Gasteiger partial charge in [-0.1, -0.05) is 30.3 Å². The van der Waals surface area contributed by atoms with E-state index in [1.807, 2.05) is 0 Å². The molecule has 1 N–H and O–H groups in total. The number of nitrogens with one attached hydrogen (secondary N) is 1. The molecule has 1 aliphatic heterocycles. The van der Waals surface area contributed by atoms with Gasteiger partial charge < -0.3 is 10.1 Å². The molecule has 152 valence electrons. The van der Waals surface area contributed by atoms with E-state index in [1.54, 1.807) is 48.5 Å². The topological polar surface area (TPSA) is 111 Å². The average molecular weight is 406 g/mol. The van der Waals surface area contributed by atoms with Gasteiger partial charge in [-0.15, -0.1) is 0 Å². The quantitative estimate of drug-likeness (QED) is 0.660. The van der Waals surface area contributed by atoms with Gasteiger partial charge in [0.25, 0.3) is 11.5 Å². The van der Waals surface area contributed by atoms with Crippen LogP contribution < -0.4 is 15.8 Å². The maximum atomic E-state index is 13.0. The minimum atomic E-state index is -1.17. The van der Waals surface area contributed by atoms with Gasteiger partial charge in [-0.25, -0.2) is 9.48 Å². The number of carbonyl (C=O) groups is 3. The molecule has 0 bridgehead atoms. The number of nitrogens with zero attached hydrogens (tertiary/aromatic N) is 3. The number of aromatic nitrogens is 2. The fourth-order valence-corrected chi connectivity index (χ4v) is 3.37. The van der Waals surface area contributed by atoms with Crippen molar-refractivity contribution in [2.75, 3.05) is 16.8 Å². The molecule has 3 aromatic rings. The van der Waals surface area contributed by atoms with Crippen LogP contribution in [0.3, 0.4) is 0 Å². The van der Waals surface area contributed by atoms with Crippen molar-refractivity contribution < 1.29 is 19.1 Å². The molecule has 1 aliphatic rings. The van der Waals surface area contributed by atoms with Crippen LogP contribution in [0.5, 0.6) is 0 Å². The van der Waals surface area contributed by atoms with Gasteiger partial charge in [0.1, 0.15) is 6.54 Å². The highest BCUT2D eigenvalue weighted by molar-refractivity contribution is 6.11. The van der Waals surface area contributed by atoms with Crippen LogP contribution in [0.2, 0.25) is 0 Å². The van der Waals surface area contributed by atoms with Crippen molar-refractivity contribution >= 4 is 39.9 Å². The normalized spacial score (nSPS) is 14.1. The van der Waals surface area contributed by atoms with Crippen LogP contribution in [0.15, 0.2) is 53.3 Å². The summed E-state index contributed by atoms with van der Waals surface area (Å²) in [4.78, 5) is 51.2. The van der Waals surface area contributed by atoms with Crippen molar-refractivity contribution in [1.29, 1.82) is 0 Å². The molecule has 1 atom stereocenters. The van der Waals surface area contributed by atoms with Gasteiger partial charge in [0, 0.05) is 12.4 Å². The van der Waals surface area contributed by atoms with Crippen molar-refractivity contribution in [3.63, 3.8) is 0 Å². The number of anilines is 2. The molecule has 0 radical (unpaired) electrons. The first kappa shape index (κ1) is 19.3. The number of hydrogen-bond acceptors (Lipinski definition) is 6. The number of fused-ring (bicyclic) bond motifs is 2. The third kappa shape index (κ3) is 3.30. The molecule has 1 aromatic heterocycles. The van der Waals surface area contributed by atoms with Crippen molar-refractivity contribution in [2.45, 2.75) is 13.0 Å². The molecule has 4 rings (SSSR count). The molecule has 0 saturated carbocycles. The van der Waals surface area contributed by atoms with Gasteiger partial charge in [-0.05, 0) is 25.1 Å².